The predicted octanol–water partition coefficient (Wildman–Crippen LogP) is 3.28. The van der Waals surface area contributed by atoms with Crippen molar-refractivity contribution in [3.63, 3.8) is 0 Å². The third-order valence-electron chi connectivity index (χ3n) is 2.71. The summed E-state index contributed by atoms with van der Waals surface area (Å²) in [6, 6.07) is 10.8. The standard InChI is InChI=1S/C13H13F2N/c14-13(15)12-6-5-9-3-1-2-4-10(9)11(12)7-8-16/h1-6,13H,7-8,16H2. The Hall–Kier alpha value is -1.48. The number of hydrogen-bond acceptors (Lipinski definition) is 1. The predicted molar refractivity (Wildman–Crippen MR) is 61.7 cm³/mol. The molecule has 0 heterocycles. The van der Waals surface area contributed by atoms with Gasteiger partial charge in [-0.15, -0.1) is 0 Å². The molecule has 2 rings (SSSR count). The molecule has 2 N–H and O–H groups in total. The molecule has 0 aliphatic heterocycles. The molecule has 3 heteroatoms. The highest BCUT2D eigenvalue weighted by molar-refractivity contribution is 5.86. The molecule has 0 saturated heterocycles. The van der Waals surface area contributed by atoms with Crippen LogP contribution >= 0.6 is 0 Å². The third kappa shape index (κ3) is 1.91. The Morgan fingerprint density at radius 3 is 2.50 bits per heavy atom. The lowest BCUT2D eigenvalue weighted by atomic mass is 9.97. The maximum absolute atomic E-state index is 12.8. The van der Waals surface area contributed by atoms with E-state index in [0.29, 0.717) is 18.5 Å². The minimum absolute atomic E-state index is 0.101. The average molecular weight is 221 g/mol. The first kappa shape index (κ1) is 11.0. The molecule has 0 radical (unpaired) electrons. The molecule has 0 saturated carbocycles. The van der Waals surface area contributed by atoms with E-state index < -0.39 is 6.43 Å². The molecule has 0 aromatic heterocycles. The molecule has 0 aliphatic carbocycles. The van der Waals surface area contributed by atoms with E-state index in [4.69, 9.17) is 5.73 Å². The molecule has 84 valence electrons. The molecule has 0 fully saturated rings. The Labute approximate surface area is 92.9 Å². The Morgan fingerprint density at radius 1 is 1.06 bits per heavy atom. The molecular formula is C13H13F2N. The summed E-state index contributed by atoms with van der Waals surface area (Å²) in [5.41, 5.74) is 6.25. The van der Waals surface area contributed by atoms with Crippen LogP contribution in [0.2, 0.25) is 0 Å². The Morgan fingerprint density at radius 2 is 1.81 bits per heavy atom. The fraction of sp³-hybridized carbons (Fsp3) is 0.231. The van der Waals surface area contributed by atoms with Crippen LogP contribution in [-0.2, 0) is 6.42 Å². The minimum atomic E-state index is -2.44. The zero-order valence-corrected chi connectivity index (χ0v) is 8.79. The van der Waals surface area contributed by atoms with Crippen molar-refractivity contribution in [1.82, 2.24) is 0 Å². The maximum Gasteiger partial charge on any atom is 0.264 e. The van der Waals surface area contributed by atoms with Crippen LogP contribution < -0.4 is 5.73 Å². The van der Waals surface area contributed by atoms with Gasteiger partial charge in [0.15, 0.2) is 0 Å². The van der Waals surface area contributed by atoms with Gasteiger partial charge >= 0.3 is 0 Å². The van der Waals surface area contributed by atoms with Gasteiger partial charge in [-0.25, -0.2) is 8.78 Å². The van der Waals surface area contributed by atoms with Crippen molar-refractivity contribution in [2.75, 3.05) is 6.54 Å². The quantitative estimate of drug-likeness (QED) is 0.845. The smallest absolute Gasteiger partial charge is 0.264 e. The number of benzene rings is 2. The second kappa shape index (κ2) is 4.58. The average Bonchev–Trinajstić information content (AvgIpc) is 2.29. The van der Waals surface area contributed by atoms with Crippen molar-refractivity contribution in [2.24, 2.45) is 5.73 Å². The summed E-state index contributed by atoms with van der Waals surface area (Å²) in [5, 5.41) is 1.86. The highest BCUT2D eigenvalue weighted by atomic mass is 19.3. The van der Waals surface area contributed by atoms with Gasteiger partial charge in [0.25, 0.3) is 6.43 Å². The van der Waals surface area contributed by atoms with Crippen LogP contribution in [0.4, 0.5) is 8.78 Å². The van der Waals surface area contributed by atoms with Crippen molar-refractivity contribution in [3.8, 4) is 0 Å². The summed E-state index contributed by atoms with van der Waals surface area (Å²) in [6.07, 6.45) is -1.95. The van der Waals surface area contributed by atoms with Gasteiger partial charge in [0.1, 0.15) is 0 Å². The van der Waals surface area contributed by atoms with E-state index in [1.165, 1.54) is 6.07 Å². The summed E-state index contributed by atoms with van der Waals surface area (Å²) in [4.78, 5) is 0. The lowest BCUT2D eigenvalue weighted by Gasteiger charge is -2.11. The summed E-state index contributed by atoms with van der Waals surface area (Å²) < 4.78 is 25.7. The summed E-state index contributed by atoms with van der Waals surface area (Å²) >= 11 is 0. The van der Waals surface area contributed by atoms with Crippen LogP contribution in [0, 0.1) is 0 Å². The number of rotatable bonds is 3. The van der Waals surface area contributed by atoms with Crippen LogP contribution in [0.15, 0.2) is 36.4 Å². The first-order chi connectivity index (χ1) is 7.74. The molecule has 0 atom stereocenters. The molecular weight excluding hydrogens is 208 g/mol. The molecule has 0 aliphatic rings. The van der Waals surface area contributed by atoms with Gasteiger partial charge in [0.05, 0.1) is 0 Å². The van der Waals surface area contributed by atoms with Crippen LogP contribution in [0.1, 0.15) is 17.6 Å². The van der Waals surface area contributed by atoms with E-state index >= 15 is 0 Å². The molecule has 2 aromatic rings. The molecule has 0 spiro atoms. The topological polar surface area (TPSA) is 26.0 Å². The second-order valence-electron chi connectivity index (χ2n) is 3.69. The van der Waals surface area contributed by atoms with Gasteiger partial charge in [-0.3, -0.25) is 0 Å². The normalized spacial score (nSPS) is 11.2. The third-order valence-corrected chi connectivity index (χ3v) is 2.71. The van der Waals surface area contributed by atoms with Gasteiger partial charge < -0.3 is 5.73 Å². The van der Waals surface area contributed by atoms with Gasteiger partial charge in [-0.05, 0) is 29.3 Å². The fourth-order valence-corrected chi connectivity index (χ4v) is 1.98. The van der Waals surface area contributed by atoms with E-state index in [2.05, 4.69) is 0 Å². The van der Waals surface area contributed by atoms with E-state index in [-0.39, 0.29) is 5.56 Å². The summed E-state index contributed by atoms with van der Waals surface area (Å²) in [7, 11) is 0. The number of hydrogen-bond donors (Lipinski definition) is 1. The van der Waals surface area contributed by atoms with Gasteiger partial charge in [0.2, 0.25) is 0 Å². The monoisotopic (exact) mass is 221 g/mol. The molecule has 0 bridgehead atoms. The number of nitrogens with two attached hydrogens (primary N) is 1. The Balaban J connectivity index is 2.68. The lowest BCUT2D eigenvalue weighted by Crippen LogP contribution is -2.06. The number of alkyl halides is 2. The first-order valence-corrected chi connectivity index (χ1v) is 5.22. The van der Waals surface area contributed by atoms with Crippen molar-refractivity contribution < 1.29 is 8.78 Å². The van der Waals surface area contributed by atoms with E-state index in [1.807, 2.05) is 24.3 Å². The maximum atomic E-state index is 12.8. The highest BCUT2D eigenvalue weighted by Crippen LogP contribution is 2.29. The molecule has 16 heavy (non-hydrogen) atoms. The van der Waals surface area contributed by atoms with E-state index in [1.54, 1.807) is 6.07 Å². The zero-order chi connectivity index (χ0) is 11.5. The van der Waals surface area contributed by atoms with Crippen molar-refractivity contribution in [1.29, 1.82) is 0 Å². The highest BCUT2D eigenvalue weighted by Gasteiger charge is 2.14. The van der Waals surface area contributed by atoms with Crippen LogP contribution in [-0.4, -0.2) is 6.54 Å². The molecule has 1 nitrogen and oxygen atoms in total. The fourth-order valence-electron chi connectivity index (χ4n) is 1.98. The van der Waals surface area contributed by atoms with Crippen molar-refractivity contribution in [3.05, 3.63) is 47.5 Å². The van der Waals surface area contributed by atoms with Crippen LogP contribution in [0.3, 0.4) is 0 Å². The summed E-state index contributed by atoms with van der Waals surface area (Å²) in [6.45, 7) is 0.383. The second-order valence-corrected chi connectivity index (χ2v) is 3.69. The number of halogens is 2. The van der Waals surface area contributed by atoms with Crippen LogP contribution in [0.25, 0.3) is 10.8 Å². The first-order valence-electron chi connectivity index (χ1n) is 5.22. The van der Waals surface area contributed by atoms with E-state index in [0.717, 1.165) is 10.8 Å². The molecule has 0 unspecified atom stereocenters. The molecule has 0 amide bonds. The largest absolute Gasteiger partial charge is 0.330 e. The Bertz CT molecular complexity index is 494. The SMILES string of the molecule is NCCc1c(C(F)F)ccc2ccccc12. The minimum Gasteiger partial charge on any atom is -0.330 e. The number of fused-ring (bicyclic) bond motifs is 1. The van der Waals surface area contributed by atoms with Gasteiger partial charge in [-0.1, -0.05) is 36.4 Å². The molecule has 2 aromatic carbocycles. The van der Waals surface area contributed by atoms with Gasteiger partial charge in [-0.2, -0.15) is 0 Å². The van der Waals surface area contributed by atoms with Crippen molar-refractivity contribution >= 4 is 10.8 Å². The lowest BCUT2D eigenvalue weighted by molar-refractivity contribution is 0.150. The van der Waals surface area contributed by atoms with Crippen LogP contribution in [0.5, 0.6) is 0 Å². The van der Waals surface area contributed by atoms with Gasteiger partial charge in [0, 0.05) is 5.56 Å². The van der Waals surface area contributed by atoms with Crippen molar-refractivity contribution in [2.45, 2.75) is 12.8 Å². The Kier molecular flexibility index (Phi) is 3.15. The summed E-state index contributed by atoms with van der Waals surface area (Å²) in [5.74, 6) is 0. The van der Waals surface area contributed by atoms with E-state index in [9.17, 15) is 8.78 Å². The zero-order valence-electron chi connectivity index (χ0n) is 8.79.